The zero-order chi connectivity index (χ0) is 19.2. The van der Waals surface area contributed by atoms with Gasteiger partial charge in [-0.1, -0.05) is 23.9 Å². The van der Waals surface area contributed by atoms with Crippen LogP contribution < -0.4 is 4.74 Å². The molecule has 0 aliphatic heterocycles. The molecule has 1 heterocycles. The summed E-state index contributed by atoms with van der Waals surface area (Å²) >= 11 is 1.59. The van der Waals surface area contributed by atoms with E-state index in [9.17, 15) is 4.79 Å². The number of nitrogens with zero attached hydrogens (tertiary/aromatic N) is 3. The summed E-state index contributed by atoms with van der Waals surface area (Å²) in [6, 6.07) is 15.4. The van der Waals surface area contributed by atoms with E-state index < -0.39 is 0 Å². The Morgan fingerprint density at radius 1 is 1.15 bits per heavy atom. The van der Waals surface area contributed by atoms with E-state index in [2.05, 4.69) is 4.98 Å². The molecule has 0 saturated carbocycles. The van der Waals surface area contributed by atoms with Gasteiger partial charge in [0, 0.05) is 37.2 Å². The summed E-state index contributed by atoms with van der Waals surface area (Å²) in [5.74, 6) is 0.834. The highest BCUT2D eigenvalue weighted by Crippen LogP contribution is 2.19. The van der Waals surface area contributed by atoms with Crippen molar-refractivity contribution < 1.29 is 9.53 Å². The monoisotopic (exact) mass is 381 g/mol. The van der Waals surface area contributed by atoms with Crippen LogP contribution >= 0.6 is 11.8 Å². The minimum Gasteiger partial charge on any atom is -0.494 e. The van der Waals surface area contributed by atoms with Gasteiger partial charge < -0.3 is 9.64 Å². The minimum absolute atomic E-state index is 0.00819. The molecule has 3 rings (SSSR count). The molecule has 0 bridgehead atoms. The lowest BCUT2D eigenvalue weighted by Gasteiger charge is -2.18. The van der Waals surface area contributed by atoms with Crippen LogP contribution in [0.2, 0.25) is 0 Å². The third-order valence-electron chi connectivity index (χ3n) is 4.18. The Hall–Kier alpha value is -2.73. The van der Waals surface area contributed by atoms with Crippen molar-refractivity contribution in [2.45, 2.75) is 18.6 Å². The van der Waals surface area contributed by atoms with Gasteiger partial charge in [0.2, 0.25) is 0 Å². The molecule has 2 aromatic carbocycles. The molecule has 3 aromatic rings. The molecule has 0 aliphatic rings. The molecule has 0 N–H and O–H groups in total. The van der Waals surface area contributed by atoms with Crippen molar-refractivity contribution in [3.63, 3.8) is 0 Å². The van der Waals surface area contributed by atoms with E-state index in [1.54, 1.807) is 22.9 Å². The molecule has 0 saturated heterocycles. The maximum atomic E-state index is 12.7. The van der Waals surface area contributed by atoms with E-state index in [0.29, 0.717) is 18.7 Å². The van der Waals surface area contributed by atoms with Crippen molar-refractivity contribution in [1.82, 2.24) is 14.5 Å². The Labute approximate surface area is 164 Å². The normalized spacial score (nSPS) is 10.6. The van der Waals surface area contributed by atoms with Crippen LogP contribution in [0, 0.1) is 0 Å². The molecule has 27 heavy (non-hydrogen) atoms. The molecule has 5 nitrogen and oxygen atoms in total. The first-order chi connectivity index (χ1) is 13.1. The van der Waals surface area contributed by atoms with E-state index in [4.69, 9.17) is 4.74 Å². The third-order valence-corrected chi connectivity index (χ3v) is 4.85. The van der Waals surface area contributed by atoms with Gasteiger partial charge in [0.15, 0.2) is 5.16 Å². The Morgan fingerprint density at radius 3 is 2.48 bits per heavy atom. The number of benzene rings is 2. The van der Waals surface area contributed by atoms with Gasteiger partial charge in [-0.05, 0) is 55.1 Å². The maximum Gasteiger partial charge on any atom is 0.253 e. The van der Waals surface area contributed by atoms with E-state index in [-0.39, 0.29) is 5.91 Å². The fourth-order valence-corrected chi connectivity index (χ4v) is 3.35. The summed E-state index contributed by atoms with van der Waals surface area (Å²) in [4.78, 5) is 18.7. The summed E-state index contributed by atoms with van der Waals surface area (Å²) in [6.07, 6.45) is 5.68. The lowest BCUT2D eigenvalue weighted by Crippen LogP contribution is -2.26. The fraction of sp³-hybridized carbons (Fsp3) is 0.238. The zero-order valence-electron chi connectivity index (χ0n) is 15.8. The van der Waals surface area contributed by atoms with Crippen LogP contribution in [0.15, 0.2) is 66.1 Å². The minimum atomic E-state index is -0.00819. The van der Waals surface area contributed by atoms with Crippen molar-refractivity contribution in [2.24, 2.45) is 0 Å². The predicted octanol–water partition coefficient (Wildman–Crippen LogP) is 4.27. The number of carbonyl (C=O) groups is 1. The first-order valence-corrected chi connectivity index (χ1v) is 10.00. The molecule has 0 spiro atoms. The quantitative estimate of drug-likeness (QED) is 0.574. The first kappa shape index (κ1) is 19.0. The fourth-order valence-electron chi connectivity index (χ4n) is 2.83. The second-order valence-electron chi connectivity index (χ2n) is 6.07. The van der Waals surface area contributed by atoms with Gasteiger partial charge in [0.1, 0.15) is 5.75 Å². The number of thioether (sulfide) groups is 1. The van der Waals surface area contributed by atoms with Crippen molar-refractivity contribution in [2.75, 3.05) is 19.9 Å². The molecule has 0 fully saturated rings. The van der Waals surface area contributed by atoms with Gasteiger partial charge in [0.25, 0.3) is 5.91 Å². The van der Waals surface area contributed by atoms with Crippen LogP contribution in [0.5, 0.6) is 5.75 Å². The number of imidazole rings is 1. The predicted molar refractivity (Wildman–Crippen MR) is 109 cm³/mol. The second-order valence-corrected chi connectivity index (χ2v) is 6.84. The molecule has 0 unspecified atom stereocenters. The Kier molecular flexibility index (Phi) is 6.19. The molecule has 1 aromatic heterocycles. The molecule has 6 heteroatoms. The Bertz CT molecular complexity index is 889. The highest BCUT2D eigenvalue weighted by atomic mass is 32.2. The largest absolute Gasteiger partial charge is 0.494 e. The second kappa shape index (κ2) is 8.77. The highest BCUT2D eigenvalue weighted by Gasteiger charge is 2.13. The summed E-state index contributed by atoms with van der Waals surface area (Å²) in [7, 11) is 1.81. The van der Waals surface area contributed by atoms with Gasteiger partial charge in [-0.2, -0.15) is 0 Å². The van der Waals surface area contributed by atoms with Gasteiger partial charge in [-0.3, -0.25) is 9.36 Å². The molecule has 0 radical (unpaired) electrons. The van der Waals surface area contributed by atoms with Gasteiger partial charge in [-0.25, -0.2) is 4.98 Å². The number of amides is 1. The average Bonchev–Trinajstić information content (AvgIpc) is 3.18. The summed E-state index contributed by atoms with van der Waals surface area (Å²) in [5, 5.41) is 0.918. The lowest BCUT2D eigenvalue weighted by atomic mass is 10.1. The average molecular weight is 382 g/mol. The van der Waals surface area contributed by atoms with Crippen LogP contribution in [0.1, 0.15) is 22.8 Å². The maximum absolute atomic E-state index is 12.7. The van der Waals surface area contributed by atoms with Gasteiger partial charge in [0.05, 0.1) is 6.61 Å². The number of ether oxygens (including phenoxy) is 1. The van der Waals surface area contributed by atoms with Crippen molar-refractivity contribution >= 4 is 17.7 Å². The number of carbonyl (C=O) groups excluding carboxylic acids is 1. The molecule has 0 atom stereocenters. The smallest absolute Gasteiger partial charge is 0.253 e. The molecule has 140 valence electrons. The summed E-state index contributed by atoms with van der Waals surface area (Å²) in [6.45, 7) is 3.15. The number of rotatable bonds is 7. The zero-order valence-corrected chi connectivity index (χ0v) is 16.6. The number of hydrogen-bond acceptors (Lipinski definition) is 4. The van der Waals surface area contributed by atoms with Crippen LogP contribution in [0.3, 0.4) is 0 Å². The van der Waals surface area contributed by atoms with Crippen molar-refractivity contribution in [3.05, 3.63) is 72.1 Å². The van der Waals surface area contributed by atoms with Crippen LogP contribution in [0.25, 0.3) is 5.69 Å². The van der Waals surface area contributed by atoms with Gasteiger partial charge >= 0.3 is 0 Å². The van der Waals surface area contributed by atoms with E-state index in [1.165, 1.54) is 0 Å². The van der Waals surface area contributed by atoms with E-state index in [0.717, 1.165) is 22.2 Å². The van der Waals surface area contributed by atoms with Crippen molar-refractivity contribution in [3.8, 4) is 11.4 Å². The summed E-state index contributed by atoms with van der Waals surface area (Å²) < 4.78 is 7.45. The van der Waals surface area contributed by atoms with Crippen LogP contribution in [-0.2, 0) is 6.54 Å². The number of hydrogen-bond donors (Lipinski definition) is 0. The highest BCUT2D eigenvalue weighted by molar-refractivity contribution is 7.98. The molecule has 0 aliphatic carbocycles. The number of aromatic nitrogens is 2. The van der Waals surface area contributed by atoms with Crippen LogP contribution in [-0.4, -0.2) is 40.3 Å². The Morgan fingerprint density at radius 2 is 1.85 bits per heavy atom. The topological polar surface area (TPSA) is 47.4 Å². The van der Waals surface area contributed by atoms with Crippen LogP contribution in [0.4, 0.5) is 0 Å². The van der Waals surface area contributed by atoms with E-state index >= 15 is 0 Å². The molecule has 1 amide bonds. The molecular weight excluding hydrogens is 358 g/mol. The van der Waals surface area contributed by atoms with Crippen molar-refractivity contribution in [1.29, 1.82) is 0 Å². The standard InChI is InChI=1S/C21H23N3O2S/c1-4-26-19-11-5-16(6-12-19)15-23(2)20(25)17-7-9-18(10-8-17)24-14-13-22-21(24)27-3/h5-14H,4,15H2,1-3H3. The summed E-state index contributed by atoms with van der Waals surface area (Å²) in [5.41, 5.74) is 2.72. The third kappa shape index (κ3) is 4.52. The first-order valence-electron chi connectivity index (χ1n) is 8.77. The lowest BCUT2D eigenvalue weighted by molar-refractivity contribution is 0.0785. The van der Waals surface area contributed by atoms with Gasteiger partial charge in [-0.15, -0.1) is 0 Å². The van der Waals surface area contributed by atoms with E-state index in [1.807, 2.05) is 79.5 Å². The SMILES string of the molecule is CCOc1ccc(CN(C)C(=O)c2ccc(-n3ccnc3SC)cc2)cc1. The Balaban J connectivity index is 1.67. The molecular formula is C21H23N3O2S.